The molecule has 166 valence electrons. The van der Waals surface area contributed by atoms with Crippen molar-refractivity contribution in [2.75, 3.05) is 20.3 Å². The van der Waals surface area contributed by atoms with Gasteiger partial charge in [-0.15, -0.1) is 0 Å². The molecular weight excluding hydrogens is 540 g/mol. The molecule has 0 spiro atoms. The molecule has 0 radical (unpaired) electrons. The van der Waals surface area contributed by atoms with Crippen molar-refractivity contribution >= 4 is 44.0 Å². The molecule has 6 nitrogen and oxygen atoms in total. The fourth-order valence-electron chi connectivity index (χ4n) is 2.88. The molecule has 0 aliphatic heterocycles. The highest BCUT2D eigenvalue weighted by molar-refractivity contribution is 9.11. The summed E-state index contributed by atoms with van der Waals surface area (Å²) in [5.41, 5.74) is 5.34. The molecule has 0 saturated heterocycles. The van der Waals surface area contributed by atoms with E-state index < -0.39 is 0 Å². The summed E-state index contributed by atoms with van der Waals surface area (Å²) in [6.45, 7) is 2.25. The van der Waals surface area contributed by atoms with Crippen LogP contribution in [0.3, 0.4) is 0 Å². The van der Waals surface area contributed by atoms with Gasteiger partial charge in [-0.3, -0.25) is 4.79 Å². The van der Waals surface area contributed by atoms with E-state index in [-0.39, 0.29) is 12.5 Å². The molecule has 32 heavy (non-hydrogen) atoms. The second-order valence-electron chi connectivity index (χ2n) is 6.56. The Balaban J connectivity index is 1.56. The van der Waals surface area contributed by atoms with Gasteiger partial charge in [0.1, 0.15) is 5.75 Å². The van der Waals surface area contributed by atoms with Crippen molar-refractivity contribution in [3.8, 4) is 28.4 Å². The van der Waals surface area contributed by atoms with Crippen LogP contribution in [-0.4, -0.2) is 32.4 Å². The Bertz CT molecular complexity index is 1100. The third-order valence-electron chi connectivity index (χ3n) is 4.34. The predicted octanol–water partition coefficient (Wildman–Crippen LogP) is 5.82. The normalized spacial score (nSPS) is 10.8. The minimum absolute atomic E-state index is 0.170. The lowest BCUT2D eigenvalue weighted by atomic mass is 10.1. The number of benzene rings is 3. The maximum atomic E-state index is 12.1. The molecule has 0 heterocycles. The molecule has 3 aromatic carbocycles. The average molecular weight is 562 g/mol. The Kier molecular flexibility index (Phi) is 8.70. The second kappa shape index (κ2) is 11.7. The Morgan fingerprint density at radius 3 is 2.44 bits per heavy atom. The molecule has 0 unspecified atom stereocenters. The summed E-state index contributed by atoms with van der Waals surface area (Å²) in [5, 5.41) is 3.99. The number of hydrogen-bond acceptors (Lipinski definition) is 5. The van der Waals surface area contributed by atoms with Gasteiger partial charge >= 0.3 is 0 Å². The first kappa shape index (κ1) is 23.8. The average Bonchev–Trinajstić information content (AvgIpc) is 2.80. The van der Waals surface area contributed by atoms with Crippen LogP contribution in [0, 0.1) is 0 Å². The third-order valence-corrected chi connectivity index (χ3v) is 5.55. The molecule has 3 aromatic rings. The molecule has 0 saturated carbocycles. The van der Waals surface area contributed by atoms with Crippen molar-refractivity contribution in [3.05, 3.63) is 75.2 Å². The van der Waals surface area contributed by atoms with Crippen molar-refractivity contribution in [3.63, 3.8) is 0 Å². The number of ether oxygens (including phenoxy) is 3. The van der Waals surface area contributed by atoms with Gasteiger partial charge in [-0.25, -0.2) is 5.43 Å². The lowest BCUT2D eigenvalue weighted by Crippen LogP contribution is -2.24. The smallest absolute Gasteiger partial charge is 0.277 e. The quantitative estimate of drug-likeness (QED) is 0.264. The van der Waals surface area contributed by atoms with Gasteiger partial charge < -0.3 is 14.2 Å². The minimum Gasteiger partial charge on any atom is -0.493 e. The maximum Gasteiger partial charge on any atom is 0.277 e. The van der Waals surface area contributed by atoms with Crippen LogP contribution in [-0.2, 0) is 4.79 Å². The summed E-state index contributed by atoms with van der Waals surface area (Å²) in [5.74, 6) is 1.39. The zero-order chi connectivity index (χ0) is 22.9. The van der Waals surface area contributed by atoms with E-state index in [9.17, 15) is 4.79 Å². The summed E-state index contributed by atoms with van der Waals surface area (Å²) < 4.78 is 18.0. The number of halogens is 2. The maximum absolute atomic E-state index is 12.1. The van der Waals surface area contributed by atoms with Gasteiger partial charge in [0.05, 0.1) is 28.9 Å². The molecule has 0 bridgehead atoms. The van der Waals surface area contributed by atoms with Crippen molar-refractivity contribution in [1.82, 2.24) is 5.43 Å². The predicted molar refractivity (Wildman–Crippen MR) is 133 cm³/mol. The molecule has 8 heteroatoms. The fourth-order valence-corrected chi connectivity index (χ4v) is 3.95. The number of hydrogen-bond donors (Lipinski definition) is 1. The first-order valence-corrected chi connectivity index (χ1v) is 11.4. The second-order valence-corrected chi connectivity index (χ2v) is 8.27. The lowest BCUT2D eigenvalue weighted by molar-refractivity contribution is -0.123. The molecular formula is C24H22Br2N2O4. The summed E-state index contributed by atoms with van der Waals surface area (Å²) in [6.07, 6.45) is 1.52. The monoisotopic (exact) mass is 560 g/mol. The first-order valence-electron chi connectivity index (χ1n) is 9.81. The van der Waals surface area contributed by atoms with E-state index in [1.54, 1.807) is 13.2 Å². The van der Waals surface area contributed by atoms with Gasteiger partial charge in [0.25, 0.3) is 5.91 Å². The van der Waals surface area contributed by atoms with Crippen LogP contribution >= 0.6 is 31.9 Å². The Labute approximate surface area is 203 Å². The largest absolute Gasteiger partial charge is 0.493 e. The van der Waals surface area contributed by atoms with E-state index in [2.05, 4.69) is 42.4 Å². The van der Waals surface area contributed by atoms with E-state index in [0.717, 1.165) is 25.6 Å². The number of rotatable bonds is 9. The van der Waals surface area contributed by atoms with Gasteiger partial charge in [0.15, 0.2) is 18.1 Å². The highest BCUT2D eigenvalue weighted by Crippen LogP contribution is 2.36. The molecule has 0 aromatic heterocycles. The molecule has 0 fully saturated rings. The third kappa shape index (κ3) is 6.34. The van der Waals surface area contributed by atoms with E-state index in [1.807, 2.05) is 61.5 Å². The van der Waals surface area contributed by atoms with E-state index in [1.165, 1.54) is 6.21 Å². The fraction of sp³-hybridized carbons (Fsp3) is 0.167. The summed E-state index contributed by atoms with van der Waals surface area (Å²) in [4.78, 5) is 12.1. The van der Waals surface area contributed by atoms with Crippen molar-refractivity contribution in [1.29, 1.82) is 0 Å². The zero-order valence-corrected chi connectivity index (χ0v) is 20.8. The molecule has 0 aliphatic rings. The number of hydrazone groups is 1. The number of nitrogens with one attached hydrogen (secondary N) is 1. The van der Waals surface area contributed by atoms with Gasteiger partial charge in [-0.2, -0.15) is 5.10 Å². The first-order chi connectivity index (χ1) is 15.5. The molecule has 0 atom stereocenters. The van der Waals surface area contributed by atoms with Crippen LogP contribution in [0.1, 0.15) is 12.5 Å². The molecule has 3 rings (SSSR count). The van der Waals surface area contributed by atoms with E-state index in [4.69, 9.17) is 14.2 Å². The summed E-state index contributed by atoms with van der Waals surface area (Å²) >= 11 is 6.96. The lowest BCUT2D eigenvalue weighted by Gasteiger charge is -2.12. The minimum atomic E-state index is -0.378. The topological polar surface area (TPSA) is 69.2 Å². The molecule has 0 aliphatic carbocycles. The van der Waals surface area contributed by atoms with Crippen LogP contribution < -0.4 is 19.6 Å². The highest BCUT2D eigenvalue weighted by atomic mass is 79.9. The summed E-state index contributed by atoms with van der Waals surface area (Å²) in [7, 11) is 1.56. The van der Waals surface area contributed by atoms with Crippen LogP contribution in [0.2, 0.25) is 0 Å². The number of nitrogens with zero attached hydrogens (tertiary/aromatic N) is 1. The Morgan fingerprint density at radius 2 is 1.75 bits per heavy atom. The van der Waals surface area contributed by atoms with Gasteiger partial charge in [-0.1, -0.05) is 36.4 Å². The standard InChI is InChI=1S/C24H22Br2N2O4/c1-3-31-24-20(26)11-16(12-22(24)30-2)14-27-28-23(29)15-32-21-10-9-18(13-19(21)25)17-7-5-4-6-8-17/h4-14H,3,15H2,1-2H3,(H,28,29)/b27-14+. The van der Waals surface area contributed by atoms with Crippen LogP contribution in [0.4, 0.5) is 0 Å². The zero-order valence-electron chi connectivity index (χ0n) is 17.6. The summed E-state index contributed by atoms with van der Waals surface area (Å²) in [6, 6.07) is 19.3. The number of carbonyl (C=O) groups excluding carboxylic acids is 1. The number of methoxy groups -OCH3 is 1. The van der Waals surface area contributed by atoms with Gasteiger partial charge in [0.2, 0.25) is 0 Å². The van der Waals surface area contributed by atoms with Crippen molar-refractivity contribution in [2.45, 2.75) is 6.92 Å². The molecule has 1 N–H and O–H groups in total. The van der Waals surface area contributed by atoms with E-state index >= 15 is 0 Å². The molecule has 1 amide bonds. The van der Waals surface area contributed by atoms with Crippen LogP contribution in [0.25, 0.3) is 11.1 Å². The van der Waals surface area contributed by atoms with Crippen LogP contribution in [0.15, 0.2) is 74.7 Å². The van der Waals surface area contributed by atoms with Gasteiger partial charge in [-0.05, 0) is 79.7 Å². The van der Waals surface area contributed by atoms with Crippen molar-refractivity contribution in [2.24, 2.45) is 5.10 Å². The number of amides is 1. The van der Waals surface area contributed by atoms with Crippen LogP contribution in [0.5, 0.6) is 17.2 Å². The Hall–Kier alpha value is -2.84. The van der Waals surface area contributed by atoms with E-state index in [0.29, 0.717) is 23.9 Å². The Morgan fingerprint density at radius 1 is 0.969 bits per heavy atom. The van der Waals surface area contributed by atoms with Crippen molar-refractivity contribution < 1.29 is 19.0 Å². The SMILES string of the molecule is CCOc1c(Br)cc(/C=N/NC(=O)COc2ccc(-c3ccccc3)cc2Br)cc1OC. The highest BCUT2D eigenvalue weighted by Gasteiger charge is 2.11. The van der Waals surface area contributed by atoms with Gasteiger partial charge in [0, 0.05) is 0 Å². The number of carbonyl (C=O) groups is 1.